The SMILES string of the molecule is O=C(Nc1cc(NCOCc2ccc(N3CCOCS3(=O)=O)cc2Cl)ccc1Cl)c1cccnc1. The number of pyridine rings is 1. The molecule has 12 heteroatoms. The summed E-state index contributed by atoms with van der Waals surface area (Å²) in [5, 5.41) is 6.66. The van der Waals surface area contributed by atoms with E-state index in [1.165, 1.54) is 10.5 Å². The third kappa shape index (κ3) is 6.41. The summed E-state index contributed by atoms with van der Waals surface area (Å²) in [6.07, 6.45) is 3.06. The Morgan fingerprint density at radius 2 is 2.00 bits per heavy atom. The van der Waals surface area contributed by atoms with Gasteiger partial charge in [-0.2, -0.15) is 0 Å². The highest BCUT2D eigenvalue weighted by molar-refractivity contribution is 7.92. The second-order valence-electron chi connectivity index (χ2n) is 7.55. The first-order chi connectivity index (χ1) is 16.8. The summed E-state index contributed by atoms with van der Waals surface area (Å²) in [6, 6.07) is 13.5. The molecular formula is C23H22Cl2N4O5S. The Labute approximate surface area is 213 Å². The van der Waals surface area contributed by atoms with Crippen LogP contribution in [0.3, 0.4) is 0 Å². The largest absolute Gasteiger partial charge is 0.363 e. The maximum absolute atomic E-state index is 12.4. The third-order valence-electron chi connectivity index (χ3n) is 5.11. The predicted molar refractivity (Wildman–Crippen MR) is 135 cm³/mol. The average molecular weight is 537 g/mol. The van der Waals surface area contributed by atoms with Gasteiger partial charge in [-0.3, -0.25) is 14.1 Å². The van der Waals surface area contributed by atoms with E-state index in [0.717, 1.165) is 0 Å². The van der Waals surface area contributed by atoms with Crippen LogP contribution in [-0.2, 0) is 26.1 Å². The van der Waals surface area contributed by atoms with Crippen molar-refractivity contribution in [2.45, 2.75) is 6.61 Å². The number of amides is 1. The van der Waals surface area contributed by atoms with E-state index in [2.05, 4.69) is 15.6 Å². The monoisotopic (exact) mass is 536 g/mol. The zero-order chi connectivity index (χ0) is 24.8. The molecule has 2 heterocycles. The number of carbonyl (C=O) groups is 1. The minimum atomic E-state index is -3.52. The maximum Gasteiger partial charge on any atom is 0.259 e. The molecule has 1 fully saturated rings. The standard InChI is InChI=1S/C23H22Cl2N4O5S/c24-20-6-4-18(10-22(20)28-23(30)16-2-1-7-26-12-16)27-14-34-13-17-3-5-19(11-21(17)25)29-8-9-33-15-35(29,31)32/h1-7,10-12,27H,8-9,13-15H2,(H,28,30). The number of anilines is 3. The molecule has 0 aliphatic carbocycles. The summed E-state index contributed by atoms with van der Waals surface area (Å²) in [5.74, 6) is -0.669. The van der Waals surface area contributed by atoms with Crippen LogP contribution in [0.1, 0.15) is 15.9 Å². The van der Waals surface area contributed by atoms with Crippen molar-refractivity contribution in [2.24, 2.45) is 0 Å². The quantitative estimate of drug-likeness (QED) is 0.325. The van der Waals surface area contributed by atoms with Crippen LogP contribution in [0.2, 0.25) is 10.0 Å². The second kappa shape index (κ2) is 11.2. The van der Waals surface area contributed by atoms with Gasteiger partial charge in [0.2, 0.25) is 0 Å². The average Bonchev–Trinajstić information content (AvgIpc) is 2.84. The van der Waals surface area contributed by atoms with E-state index < -0.39 is 10.0 Å². The van der Waals surface area contributed by atoms with Gasteiger partial charge in [0, 0.05) is 23.1 Å². The number of halogens is 2. The van der Waals surface area contributed by atoms with Crippen LogP contribution in [0.5, 0.6) is 0 Å². The summed E-state index contributed by atoms with van der Waals surface area (Å²) >= 11 is 12.6. The van der Waals surface area contributed by atoms with Crippen LogP contribution < -0.4 is 14.9 Å². The van der Waals surface area contributed by atoms with Crippen molar-refractivity contribution in [3.63, 3.8) is 0 Å². The highest BCUT2D eigenvalue weighted by atomic mass is 35.5. The fourth-order valence-corrected chi connectivity index (χ4v) is 4.97. The highest BCUT2D eigenvalue weighted by Crippen LogP contribution is 2.28. The molecule has 0 atom stereocenters. The Hall–Kier alpha value is -2.89. The Kier molecular flexibility index (Phi) is 8.09. The summed E-state index contributed by atoms with van der Waals surface area (Å²) in [7, 11) is -3.52. The van der Waals surface area contributed by atoms with Crippen LogP contribution in [0.25, 0.3) is 0 Å². The van der Waals surface area contributed by atoms with Crippen molar-refractivity contribution < 1.29 is 22.7 Å². The smallest absolute Gasteiger partial charge is 0.259 e. The number of nitrogens with one attached hydrogen (secondary N) is 2. The van der Waals surface area contributed by atoms with Gasteiger partial charge in [0.15, 0.2) is 5.94 Å². The fraction of sp³-hybridized carbons (Fsp3) is 0.217. The number of nitrogens with zero attached hydrogens (tertiary/aromatic N) is 2. The van der Waals surface area contributed by atoms with Crippen LogP contribution >= 0.6 is 23.2 Å². The number of hydrogen-bond donors (Lipinski definition) is 2. The van der Waals surface area contributed by atoms with Crippen molar-refractivity contribution in [3.8, 4) is 0 Å². The minimum Gasteiger partial charge on any atom is -0.363 e. The number of carbonyl (C=O) groups excluding carboxylic acids is 1. The topological polar surface area (TPSA) is 110 Å². The van der Waals surface area contributed by atoms with Crippen LogP contribution in [0.4, 0.5) is 17.1 Å². The Morgan fingerprint density at radius 1 is 1.14 bits per heavy atom. The minimum absolute atomic E-state index is 0.160. The van der Waals surface area contributed by atoms with Crippen LogP contribution in [-0.4, -0.2) is 45.1 Å². The number of hydrogen-bond acceptors (Lipinski definition) is 7. The lowest BCUT2D eigenvalue weighted by molar-refractivity contribution is 0.102. The molecule has 1 amide bonds. The zero-order valence-electron chi connectivity index (χ0n) is 18.4. The molecule has 35 heavy (non-hydrogen) atoms. The number of sulfonamides is 1. The summed E-state index contributed by atoms with van der Waals surface area (Å²) in [4.78, 5) is 16.3. The lowest BCUT2D eigenvalue weighted by atomic mass is 10.2. The predicted octanol–water partition coefficient (Wildman–Crippen LogP) is 4.35. The molecule has 0 radical (unpaired) electrons. The Morgan fingerprint density at radius 3 is 2.74 bits per heavy atom. The first kappa shape index (κ1) is 25.2. The lowest BCUT2D eigenvalue weighted by Gasteiger charge is -2.28. The number of rotatable bonds is 8. The van der Waals surface area contributed by atoms with Crippen molar-refractivity contribution in [2.75, 3.05) is 40.8 Å². The van der Waals surface area contributed by atoms with Crippen molar-refractivity contribution in [1.29, 1.82) is 0 Å². The summed E-state index contributed by atoms with van der Waals surface area (Å²) < 4.78 is 36.4. The molecule has 3 aromatic rings. The molecule has 0 unspecified atom stereocenters. The molecule has 2 N–H and O–H groups in total. The van der Waals surface area contributed by atoms with E-state index >= 15 is 0 Å². The molecule has 1 aliphatic rings. The van der Waals surface area contributed by atoms with Gasteiger partial charge in [-0.1, -0.05) is 29.3 Å². The van der Waals surface area contributed by atoms with Crippen molar-refractivity contribution >= 4 is 56.2 Å². The van der Waals surface area contributed by atoms with Gasteiger partial charge in [-0.25, -0.2) is 8.42 Å². The molecule has 0 saturated carbocycles. The van der Waals surface area contributed by atoms with E-state index in [1.54, 1.807) is 54.7 Å². The van der Waals surface area contributed by atoms with E-state index in [9.17, 15) is 13.2 Å². The third-order valence-corrected chi connectivity index (χ3v) is 7.32. The highest BCUT2D eigenvalue weighted by Gasteiger charge is 2.27. The first-order valence-electron chi connectivity index (χ1n) is 10.5. The second-order valence-corrected chi connectivity index (χ2v) is 10.2. The first-order valence-corrected chi connectivity index (χ1v) is 12.9. The molecular weight excluding hydrogens is 515 g/mol. The van der Waals surface area contributed by atoms with E-state index in [4.69, 9.17) is 32.7 Å². The van der Waals surface area contributed by atoms with Gasteiger partial charge in [-0.15, -0.1) is 0 Å². The molecule has 1 aromatic heterocycles. The molecule has 0 spiro atoms. The van der Waals surface area contributed by atoms with E-state index in [0.29, 0.717) is 44.8 Å². The molecule has 9 nitrogen and oxygen atoms in total. The normalized spacial score (nSPS) is 15.0. The van der Waals surface area contributed by atoms with Gasteiger partial charge in [-0.05, 0) is 48.0 Å². The van der Waals surface area contributed by atoms with Gasteiger partial charge in [0.05, 0.1) is 41.7 Å². The molecule has 4 rings (SSSR count). The molecule has 2 aromatic carbocycles. The number of aromatic nitrogens is 1. The van der Waals surface area contributed by atoms with Crippen LogP contribution in [0, 0.1) is 0 Å². The maximum atomic E-state index is 12.4. The molecule has 0 bridgehead atoms. The zero-order valence-corrected chi connectivity index (χ0v) is 20.7. The van der Waals surface area contributed by atoms with Crippen molar-refractivity contribution in [3.05, 3.63) is 82.1 Å². The van der Waals surface area contributed by atoms with Gasteiger partial charge in [0.1, 0.15) is 6.73 Å². The van der Waals surface area contributed by atoms with E-state index in [-0.39, 0.29) is 31.7 Å². The lowest BCUT2D eigenvalue weighted by Crippen LogP contribution is -2.41. The summed E-state index contributed by atoms with van der Waals surface area (Å²) in [5.41, 5.74) is 2.75. The Balaban J connectivity index is 1.32. The van der Waals surface area contributed by atoms with Crippen LogP contribution in [0.15, 0.2) is 60.9 Å². The number of ether oxygens (including phenoxy) is 2. The van der Waals surface area contributed by atoms with E-state index in [1.807, 2.05) is 0 Å². The Bertz CT molecular complexity index is 1310. The summed E-state index contributed by atoms with van der Waals surface area (Å²) in [6.45, 7) is 0.935. The van der Waals surface area contributed by atoms with Crippen molar-refractivity contribution in [1.82, 2.24) is 4.98 Å². The molecule has 184 valence electrons. The molecule has 1 saturated heterocycles. The van der Waals surface area contributed by atoms with Gasteiger partial charge >= 0.3 is 0 Å². The molecule has 1 aliphatic heterocycles. The number of benzene rings is 2. The van der Waals surface area contributed by atoms with Gasteiger partial charge < -0.3 is 20.1 Å². The van der Waals surface area contributed by atoms with Gasteiger partial charge in [0.25, 0.3) is 15.9 Å². The fourth-order valence-electron chi connectivity index (χ4n) is 3.33.